The summed E-state index contributed by atoms with van der Waals surface area (Å²) in [6.45, 7) is 3.47. The van der Waals surface area contributed by atoms with Gasteiger partial charge in [0.2, 0.25) is 10.0 Å². The van der Waals surface area contributed by atoms with Crippen LogP contribution in [0.1, 0.15) is 21.5 Å². The SMILES string of the molecule is COC(=O)c1ccc(C)c(NC(=O)C2CN(S(C)(=O)=O)c3cc(C)ccc3O2)c1. The Morgan fingerprint density at radius 2 is 1.90 bits per heavy atom. The van der Waals surface area contributed by atoms with Crippen molar-refractivity contribution in [3.05, 3.63) is 53.1 Å². The highest BCUT2D eigenvalue weighted by molar-refractivity contribution is 7.92. The smallest absolute Gasteiger partial charge is 0.337 e. The average Bonchev–Trinajstić information content (AvgIpc) is 2.67. The summed E-state index contributed by atoms with van der Waals surface area (Å²) < 4.78 is 36.2. The average molecular weight is 418 g/mol. The highest BCUT2D eigenvalue weighted by Crippen LogP contribution is 2.36. The fourth-order valence-electron chi connectivity index (χ4n) is 3.03. The van der Waals surface area contributed by atoms with Crippen molar-refractivity contribution in [2.24, 2.45) is 0 Å². The van der Waals surface area contributed by atoms with Crippen LogP contribution in [-0.2, 0) is 19.6 Å². The van der Waals surface area contributed by atoms with Gasteiger partial charge in [-0.2, -0.15) is 0 Å². The molecule has 0 radical (unpaired) electrons. The number of carbonyl (C=O) groups excluding carboxylic acids is 2. The van der Waals surface area contributed by atoms with Gasteiger partial charge in [0.15, 0.2) is 6.10 Å². The third-order valence-corrected chi connectivity index (χ3v) is 5.74. The van der Waals surface area contributed by atoms with Gasteiger partial charge in [-0.25, -0.2) is 13.2 Å². The molecule has 0 saturated carbocycles. The van der Waals surface area contributed by atoms with E-state index in [0.717, 1.165) is 17.4 Å². The van der Waals surface area contributed by atoms with E-state index in [1.807, 2.05) is 6.92 Å². The van der Waals surface area contributed by atoms with Gasteiger partial charge in [-0.15, -0.1) is 0 Å². The van der Waals surface area contributed by atoms with Crippen molar-refractivity contribution in [3.63, 3.8) is 0 Å². The van der Waals surface area contributed by atoms with Crippen molar-refractivity contribution in [2.45, 2.75) is 20.0 Å². The van der Waals surface area contributed by atoms with Crippen LogP contribution in [0, 0.1) is 13.8 Å². The zero-order valence-electron chi connectivity index (χ0n) is 16.6. The Bertz CT molecular complexity index is 1080. The molecule has 2 aromatic carbocycles. The van der Waals surface area contributed by atoms with E-state index in [0.29, 0.717) is 17.1 Å². The molecule has 0 bridgehead atoms. The number of methoxy groups -OCH3 is 1. The zero-order chi connectivity index (χ0) is 21.3. The third-order valence-electron chi connectivity index (χ3n) is 4.59. The Hall–Kier alpha value is -3.07. The van der Waals surface area contributed by atoms with Gasteiger partial charge in [-0.1, -0.05) is 12.1 Å². The van der Waals surface area contributed by atoms with Gasteiger partial charge in [0.25, 0.3) is 5.91 Å². The minimum Gasteiger partial charge on any atom is -0.476 e. The van der Waals surface area contributed by atoms with Crippen molar-refractivity contribution in [3.8, 4) is 5.75 Å². The number of esters is 1. The fourth-order valence-corrected chi connectivity index (χ4v) is 3.93. The van der Waals surface area contributed by atoms with Gasteiger partial charge < -0.3 is 14.8 Å². The summed E-state index contributed by atoms with van der Waals surface area (Å²) in [6.07, 6.45) is 0.0322. The molecule has 0 aliphatic carbocycles. The Labute approximate surface area is 169 Å². The van der Waals surface area contributed by atoms with Gasteiger partial charge in [-0.3, -0.25) is 9.10 Å². The first-order valence-electron chi connectivity index (χ1n) is 8.85. The van der Waals surface area contributed by atoms with Gasteiger partial charge in [0.05, 0.1) is 31.2 Å². The summed E-state index contributed by atoms with van der Waals surface area (Å²) in [4.78, 5) is 24.6. The number of aryl methyl sites for hydroxylation is 2. The molecule has 1 aliphatic heterocycles. The third kappa shape index (κ3) is 4.34. The second kappa shape index (κ2) is 7.75. The summed E-state index contributed by atoms with van der Waals surface area (Å²) in [5, 5.41) is 2.72. The number of rotatable bonds is 4. The van der Waals surface area contributed by atoms with E-state index in [1.165, 1.54) is 17.5 Å². The molecule has 3 rings (SSSR count). The van der Waals surface area contributed by atoms with Gasteiger partial charge in [0, 0.05) is 5.69 Å². The summed E-state index contributed by atoms with van der Waals surface area (Å²) in [7, 11) is -2.34. The Morgan fingerprint density at radius 3 is 2.55 bits per heavy atom. The van der Waals surface area contributed by atoms with Crippen molar-refractivity contribution >= 4 is 33.3 Å². The van der Waals surface area contributed by atoms with Crippen molar-refractivity contribution in [1.82, 2.24) is 0 Å². The molecule has 1 atom stereocenters. The first-order valence-corrected chi connectivity index (χ1v) is 10.7. The molecular weight excluding hydrogens is 396 g/mol. The lowest BCUT2D eigenvalue weighted by Gasteiger charge is -2.34. The predicted octanol–water partition coefficient (Wildman–Crippen LogP) is 2.26. The second-order valence-electron chi connectivity index (χ2n) is 6.88. The molecule has 0 aromatic heterocycles. The molecule has 0 fully saturated rings. The minimum atomic E-state index is -3.61. The van der Waals surface area contributed by atoms with Crippen LogP contribution in [0.15, 0.2) is 36.4 Å². The largest absolute Gasteiger partial charge is 0.476 e. The number of fused-ring (bicyclic) bond motifs is 1. The maximum Gasteiger partial charge on any atom is 0.337 e. The number of sulfonamides is 1. The van der Waals surface area contributed by atoms with E-state index in [4.69, 9.17) is 9.47 Å². The number of hydrogen-bond acceptors (Lipinski definition) is 6. The number of hydrogen-bond donors (Lipinski definition) is 1. The number of nitrogens with one attached hydrogen (secondary N) is 1. The molecule has 29 heavy (non-hydrogen) atoms. The number of ether oxygens (including phenoxy) is 2. The lowest BCUT2D eigenvalue weighted by molar-refractivity contribution is -0.122. The van der Waals surface area contributed by atoms with E-state index in [2.05, 4.69) is 5.32 Å². The first-order chi connectivity index (χ1) is 13.6. The van der Waals surface area contributed by atoms with Gasteiger partial charge in [0.1, 0.15) is 5.75 Å². The topological polar surface area (TPSA) is 102 Å². The van der Waals surface area contributed by atoms with Crippen LogP contribution in [-0.4, -0.2) is 46.3 Å². The fraction of sp³-hybridized carbons (Fsp3) is 0.300. The molecule has 1 N–H and O–H groups in total. The summed E-state index contributed by atoms with van der Waals surface area (Å²) in [5.74, 6) is -0.732. The molecule has 9 heteroatoms. The Kier molecular flexibility index (Phi) is 5.52. The summed E-state index contributed by atoms with van der Waals surface area (Å²) >= 11 is 0. The van der Waals surface area contributed by atoms with Crippen molar-refractivity contribution < 1.29 is 27.5 Å². The second-order valence-corrected chi connectivity index (χ2v) is 8.79. The van der Waals surface area contributed by atoms with Crippen molar-refractivity contribution in [1.29, 1.82) is 0 Å². The first kappa shape index (κ1) is 20.7. The van der Waals surface area contributed by atoms with E-state index < -0.39 is 28.0 Å². The van der Waals surface area contributed by atoms with Crippen LogP contribution >= 0.6 is 0 Å². The number of benzene rings is 2. The Morgan fingerprint density at radius 1 is 1.17 bits per heavy atom. The van der Waals surface area contributed by atoms with Crippen LogP contribution in [0.4, 0.5) is 11.4 Å². The van der Waals surface area contributed by atoms with Crippen molar-refractivity contribution in [2.75, 3.05) is 29.5 Å². The molecule has 8 nitrogen and oxygen atoms in total. The maximum absolute atomic E-state index is 12.8. The van der Waals surface area contributed by atoms with Crippen LogP contribution in [0.2, 0.25) is 0 Å². The molecule has 2 aromatic rings. The summed E-state index contributed by atoms with van der Waals surface area (Å²) in [6, 6.07) is 9.92. The highest BCUT2D eigenvalue weighted by Gasteiger charge is 2.35. The highest BCUT2D eigenvalue weighted by atomic mass is 32.2. The molecule has 1 aliphatic rings. The monoisotopic (exact) mass is 418 g/mol. The summed E-state index contributed by atoms with van der Waals surface area (Å²) in [5.41, 5.74) is 2.72. The van der Waals surface area contributed by atoms with Crippen LogP contribution in [0.3, 0.4) is 0 Å². The van der Waals surface area contributed by atoms with Gasteiger partial charge in [-0.05, 0) is 49.2 Å². The normalized spacial score (nSPS) is 15.9. The van der Waals surface area contributed by atoms with Gasteiger partial charge >= 0.3 is 5.97 Å². The number of carbonyl (C=O) groups is 2. The molecule has 154 valence electrons. The van der Waals surface area contributed by atoms with Crippen LogP contribution < -0.4 is 14.4 Å². The maximum atomic E-state index is 12.8. The minimum absolute atomic E-state index is 0.156. The number of amides is 1. The van der Waals surface area contributed by atoms with E-state index in [1.54, 1.807) is 37.3 Å². The molecule has 0 spiro atoms. The molecule has 1 unspecified atom stereocenters. The Balaban J connectivity index is 1.89. The molecule has 1 amide bonds. The number of nitrogens with zero attached hydrogens (tertiary/aromatic N) is 1. The lowest BCUT2D eigenvalue weighted by atomic mass is 10.1. The predicted molar refractivity (Wildman–Crippen MR) is 109 cm³/mol. The molecule has 0 saturated heterocycles. The zero-order valence-corrected chi connectivity index (χ0v) is 17.4. The number of anilines is 2. The quantitative estimate of drug-likeness (QED) is 0.764. The molecule has 1 heterocycles. The lowest BCUT2D eigenvalue weighted by Crippen LogP contribution is -2.48. The van der Waals surface area contributed by atoms with E-state index in [-0.39, 0.29) is 12.1 Å². The standard InChI is InChI=1S/C20H22N2O6S/c1-12-5-8-17-16(9-12)22(29(4,25)26)11-18(28-17)19(23)21-15-10-14(20(24)27-3)7-6-13(15)2/h5-10,18H,11H2,1-4H3,(H,21,23). The van der Waals surface area contributed by atoms with E-state index >= 15 is 0 Å². The van der Waals surface area contributed by atoms with Crippen LogP contribution in [0.25, 0.3) is 0 Å². The van der Waals surface area contributed by atoms with E-state index in [9.17, 15) is 18.0 Å². The molecular formula is C20H22N2O6S. The van der Waals surface area contributed by atoms with Crippen LogP contribution in [0.5, 0.6) is 5.75 Å².